The van der Waals surface area contributed by atoms with Crippen molar-refractivity contribution >= 4 is 17.2 Å². The van der Waals surface area contributed by atoms with Gasteiger partial charge in [0.15, 0.2) is 0 Å². The van der Waals surface area contributed by atoms with Crippen molar-refractivity contribution in [1.29, 1.82) is 0 Å². The van der Waals surface area contributed by atoms with Crippen molar-refractivity contribution in [2.45, 2.75) is 19.8 Å². The lowest BCUT2D eigenvalue weighted by molar-refractivity contribution is 0.0755. The molecule has 4 nitrogen and oxygen atoms in total. The zero-order valence-electron chi connectivity index (χ0n) is 11.1. The maximum atomic E-state index is 12.2. The van der Waals surface area contributed by atoms with Crippen LogP contribution >= 0.6 is 11.3 Å². The monoisotopic (exact) mass is 281 g/mol. The highest BCUT2D eigenvalue weighted by Gasteiger charge is 2.14. The molecule has 1 aromatic heterocycles. The highest BCUT2D eigenvalue weighted by atomic mass is 32.1. The van der Waals surface area contributed by atoms with Crippen LogP contribution in [0.2, 0.25) is 0 Å². The molecule has 19 heavy (non-hydrogen) atoms. The highest BCUT2D eigenvalue weighted by molar-refractivity contribution is 7.10. The van der Waals surface area contributed by atoms with E-state index in [4.69, 9.17) is 10.2 Å². The van der Waals surface area contributed by atoms with Gasteiger partial charge in [-0.05, 0) is 19.4 Å². The Bertz CT molecular complexity index is 459. The van der Waals surface area contributed by atoms with Crippen molar-refractivity contribution in [1.82, 2.24) is 4.90 Å². The second-order valence-electron chi connectivity index (χ2n) is 3.94. The van der Waals surface area contributed by atoms with Gasteiger partial charge in [-0.25, -0.2) is 0 Å². The number of amides is 1. The Balaban J connectivity index is 2.69. The minimum Gasteiger partial charge on any atom is -0.396 e. The molecule has 0 spiro atoms. The molecule has 5 heteroatoms. The van der Waals surface area contributed by atoms with E-state index < -0.39 is 0 Å². The predicted molar refractivity (Wildman–Crippen MR) is 76.2 cm³/mol. The van der Waals surface area contributed by atoms with Gasteiger partial charge in [-0.2, -0.15) is 0 Å². The van der Waals surface area contributed by atoms with Crippen LogP contribution in [0.5, 0.6) is 0 Å². The fourth-order valence-corrected chi connectivity index (χ4v) is 2.32. The SMILES string of the molecule is CCN(CCCO)C(=O)c1csc(C#CCCO)c1. The molecular weight excluding hydrogens is 262 g/mol. The van der Waals surface area contributed by atoms with Crippen molar-refractivity contribution in [3.05, 3.63) is 21.9 Å². The molecule has 0 fully saturated rings. The number of rotatable bonds is 6. The molecule has 0 unspecified atom stereocenters. The number of thiophene rings is 1. The minimum atomic E-state index is -0.0255. The smallest absolute Gasteiger partial charge is 0.254 e. The van der Waals surface area contributed by atoms with Crippen LogP contribution in [0.15, 0.2) is 11.4 Å². The summed E-state index contributed by atoms with van der Waals surface area (Å²) in [4.78, 5) is 14.7. The number of aliphatic hydroxyl groups excluding tert-OH is 2. The number of carbonyl (C=O) groups excluding carboxylic acids is 1. The standard InChI is InChI=1S/C14H19NO3S/c1-2-15(7-5-9-17)14(18)12-10-13(19-11-12)6-3-4-8-16/h10-11,16-17H,2,4-5,7-9H2,1H3. The van der Waals surface area contributed by atoms with Crippen LogP contribution < -0.4 is 0 Å². The Morgan fingerprint density at radius 3 is 2.84 bits per heavy atom. The van der Waals surface area contributed by atoms with E-state index in [1.165, 1.54) is 11.3 Å². The van der Waals surface area contributed by atoms with Crippen molar-refractivity contribution in [3.63, 3.8) is 0 Å². The number of hydrogen-bond acceptors (Lipinski definition) is 4. The minimum absolute atomic E-state index is 0.0255. The van der Waals surface area contributed by atoms with Crippen molar-refractivity contribution in [3.8, 4) is 11.8 Å². The molecule has 0 aliphatic rings. The molecule has 1 rings (SSSR count). The molecule has 1 heterocycles. The molecule has 0 radical (unpaired) electrons. The lowest BCUT2D eigenvalue weighted by Gasteiger charge is -2.19. The predicted octanol–water partition coefficient (Wildman–Crippen LogP) is 1.33. The van der Waals surface area contributed by atoms with E-state index in [1.54, 1.807) is 16.3 Å². The first kappa shape index (κ1) is 15.7. The molecule has 0 saturated heterocycles. The summed E-state index contributed by atoms with van der Waals surface area (Å²) in [5.41, 5.74) is 0.637. The molecule has 0 aliphatic carbocycles. The highest BCUT2D eigenvalue weighted by Crippen LogP contribution is 2.15. The molecule has 0 aliphatic heterocycles. The third kappa shape index (κ3) is 5.03. The summed E-state index contributed by atoms with van der Waals surface area (Å²) in [5.74, 6) is 5.73. The summed E-state index contributed by atoms with van der Waals surface area (Å²) in [6.45, 7) is 3.25. The normalized spacial score (nSPS) is 9.84. The van der Waals surface area contributed by atoms with Gasteiger partial charge in [-0.3, -0.25) is 4.79 Å². The van der Waals surface area contributed by atoms with E-state index >= 15 is 0 Å². The molecule has 0 bridgehead atoms. The Morgan fingerprint density at radius 1 is 1.42 bits per heavy atom. The van der Waals surface area contributed by atoms with E-state index in [0.717, 1.165) is 4.88 Å². The zero-order valence-corrected chi connectivity index (χ0v) is 11.9. The molecule has 0 saturated carbocycles. The summed E-state index contributed by atoms with van der Waals surface area (Å²) in [6, 6.07) is 1.78. The average Bonchev–Trinajstić information content (AvgIpc) is 2.88. The molecule has 1 amide bonds. The van der Waals surface area contributed by atoms with Gasteiger partial charge in [-0.15, -0.1) is 11.3 Å². The first-order chi connectivity index (χ1) is 9.22. The summed E-state index contributed by atoms with van der Waals surface area (Å²) < 4.78 is 0. The lowest BCUT2D eigenvalue weighted by Crippen LogP contribution is -2.31. The quantitative estimate of drug-likeness (QED) is 0.773. The van der Waals surface area contributed by atoms with Crippen LogP contribution in [0.1, 0.15) is 35.0 Å². The van der Waals surface area contributed by atoms with Crippen LogP contribution in [-0.2, 0) is 0 Å². The van der Waals surface area contributed by atoms with E-state index in [9.17, 15) is 4.79 Å². The van der Waals surface area contributed by atoms with E-state index in [2.05, 4.69) is 11.8 Å². The van der Waals surface area contributed by atoms with Gasteiger partial charge in [0.05, 0.1) is 17.0 Å². The van der Waals surface area contributed by atoms with Crippen LogP contribution in [0.3, 0.4) is 0 Å². The van der Waals surface area contributed by atoms with Crippen molar-refractivity contribution in [2.24, 2.45) is 0 Å². The van der Waals surface area contributed by atoms with Crippen LogP contribution in [0, 0.1) is 11.8 Å². The maximum absolute atomic E-state index is 12.2. The Kier molecular flexibility index (Phi) is 7.19. The summed E-state index contributed by atoms with van der Waals surface area (Å²) in [7, 11) is 0. The number of hydrogen-bond donors (Lipinski definition) is 2. The zero-order chi connectivity index (χ0) is 14.1. The van der Waals surface area contributed by atoms with Gasteiger partial charge in [0.2, 0.25) is 0 Å². The maximum Gasteiger partial charge on any atom is 0.254 e. The topological polar surface area (TPSA) is 60.8 Å². The first-order valence-electron chi connectivity index (χ1n) is 6.31. The number of aliphatic hydroxyl groups is 2. The van der Waals surface area contributed by atoms with Gasteiger partial charge in [0, 0.05) is 31.5 Å². The third-order valence-electron chi connectivity index (χ3n) is 2.55. The van der Waals surface area contributed by atoms with E-state index in [1.807, 2.05) is 6.92 Å². The summed E-state index contributed by atoms with van der Waals surface area (Å²) in [5, 5.41) is 19.3. The molecule has 2 N–H and O–H groups in total. The third-order valence-corrected chi connectivity index (χ3v) is 3.40. The van der Waals surface area contributed by atoms with Gasteiger partial charge >= 0.3 is 0 Å². The van der Waals surface area contributed by atoms with Crippen LogP contribution in [-0.4, -0.2) is 47.3 Å². The number of nitrogens with zero attached hydrogens (tertiary/aromatic N) is 1. The second kappa shape index (κ2) is 8.70. The Labute approximate surface area is 117 Å². The molecule has 1 aromatic rings. The molecule has 0 aromatic carbocycles. The van der Waals surface area contributed by atoms with E-state index in [0.29, 0.717) is 31.5 Å². The fraction of sp³-hybridized carbons (Fsp3) is 0.500. The van der Waals surface area contributed by atoms with Crippen molar-refractivity contribution < 1.29 is 15.0 Å². The fourth-order valence-electron chi connectivity index (χ4n) is 1.57. The number of carbonyl (C=O) groups is 1. The van der Waals surface area contributed by atoms with Gasteiger partial charge < -0.3 is 15.1 Å². The molecule has 104 valence electrons. The summed E-state index contributed by atoms with van der Waals surface area (Å²) in [6.07, 6.45) is 1.03. The lowest BCUT2D eigenvalue weighted by atomic mass is 10.2. The summed E-state index contributed by atoms with van der Waals surface area (Å²) >= 11 is 1.43. The van der Waals surface area contributed by atoms with Gasteiger partial charge in [0.1, 0.15) is 0 Å². The molecular formula is C14H19NO3S. The second-order valence-corrected chi connectivity index (χ2v) is 4.85. The Hall–Kier alpha value is -1.35. The average molecular weight is 281 g/mol. The molecule has 0 atom stereocenters. The van der Waals surface area contributed by atoms with Crippen LogP contribution in [0.4, 0.5) is 0 Å². The van der Waals surface area contributed by atoms with Crippen LogP contribution in [0.25, 0.3) is 0 Å². The van der Waals surface area contributed by atoms with Crippen molar-refractivity contribution in [2.75, 3.05) is 26.3 Å². The first-order valence-corrected chi connectivity index (χ1v) is 7.19. The largest absolute Gasteiger partial charge is 0.396 e. The van der Waals surface area contributed by atoms with Gasteiger partial charge in [0.25, 0.3) is 5.91 Å². The van der Waals surface area contributed by atoms with Gasteiger partial charge in [-0.1, -0.05) is 11.8 Å². The van der Waals surface area contributed by atoms with E-state index in [-0.39, 0.29) is 19.1 Å². The Morgan fingerprint density at radius 2 is 2.21 bits per heavy atom.